The maximum atomic E-state index is 13.8. The van der Waals surface area contributed by atoms with Gasteiger partial charge in [0, 0.05) is 31.5 Å². The minimum absolute atomic E-state index is 0.0198. The van der Waals surface area contributed by atoms with E-state index in [1.165, 1.54) is 33.5 Å². The van der Waals surface area contributed by atoms with Gasteiger partial charge in [0.25, 0.3) is 0 Å². The van der Waals surface area contributed by atoms with E-state index < -0.39 is 27.5 Å². The summed E-state index contributed by atoms with van der Waals surface area (Å²) in [7, 11) is -3.33. The normalized spacial score (nSPS) is 19.1. The third-order valence-corrected chi connectivity index (χ3v) is 7.50. The Morgan fingerprint density at radius 1 is 1.28 bits per heavy atom. The molecule has 9 nitrogen and oxygen atoms in total. The Balaban J connectivity index is 1.65. The van der Waals surface area contributed by atoms with Gasteiger partial charge in [0.15, 0.2) is 0 Å². The van der Waals surface area contributed by atoms with Crippen molar-refractivity contribution in [2.75, 3.05) is 24.7 Å². The molecule has 4 rings (SSSR count). The largest absolute Gasteiger partial charge is 0.420 e. The van der Waals surface area contributed by atoms with Gasteiger partial charge in [-0.2, -0.15) is 18.4 Å². The zero-order valence-electron chi connectivity index (χ0n) is 19.2. The summed E-state index contributed by atoms with van der Waals surface area (Å²) < 4.78 is 67.8. The quantitative estimate of drug-likeness (QED) is 0.521. The third-order valence-electron chi connectivity index (χ3n) is 5.93. The highest BCUT2D eigenvalue weighted by Gasteiger charge is 2.37. The molecule has 0 spiro atoms. The summed E-state index contributed by atoms with van der Waals surface area (Å²) in [6, 6.07) is 6.27. The van der Waals surface area contributed by atoms with Gasteiger partial charge >= 0.3 is 6.18 Å². The lowest BCUT2D eigenvalue weighted by Gasteiger charge is -2.35. The van der Waals surface area contributed by atoms with Crippen molar-refractivity contribution in [3.8, 4) is 23.1 Å². The Labute approximate surface area is 210 Å². The molecule has 3 heterocycles. The van der Waals surface area contributed by atoms with E-state index in [0.717, 1.165) is 6.26 Å². The second kappa shape index (κ2) is 9.68. The van der Waals surface area contributed by atoms with E-state index >= 15 is 0 Å². The van der Waals surface area contributed by atoms with Gasteiger partial charge in [-0.05, 0) is 30.5 Å². The van der Waals surface area contributed by atoms with Gasteiger partial charge < -0.3 is 9.88 Å². The Morgan fingerprint density at radius 3 is 2.64 bits per heavy atom. The molecule has 2 aromatic heterocycles. The molecule has 36 heavy (non-hydrogen) atoms. The Kier molecular flexibility index (Phi) is 6.96. The van der Waals surface area contributed by atoms with Crippen molar-refractivity contribution in [2.45, 2.75) is 25.6 Å². The minimum Gasteiger partial charge on any atom is -0.351 e. The smallest absolute Gasteiger partial charge is 0.351 e. The summed E-state index contributed by atoms with van der Waals surface area (Å²) in [6.45, 7) is 2.41. The van der Waals surface area contributed by atoms with Crippen LogP contribution in [-0.4, -0.2) is 57.6 Å². The number of alkyl halides is 3. The van der Waals surface area contributed by atoms with E-state index in [2.05, 4.69) is 20.3 Å². The number of anilines is 1. The number of benzene rings is 1. The molecule has 1 aromatic carbocycles. The van der Waals surface area contributed by atoms with Crippen LogP contribution in [0.4, 0.5) is 19.1 Å². The molecule has 0 aliphatic carbocycles. The van der Waals surface area contributed by atoms with Crippen LogP contribution in [0.5, 0.6) is 0 Å². The summed E-state index contributed by atoms with van der Waals surface area (Å²) in [5.74, 6) is -0.144. The molecule has 1 fully saturated rings. The van der Waals surface area contributed by atoms with Crippen LogP contribution in [0.1, 0.15) is 24.5 Å². The van der Waals surface area contributed by atoms with Crippen LogP contribution in [0.15, 0.2) is 36.9 Å². The molecule has 190 valence electrons. The molecular formula is C22H21ClF3N7O2S. The van der Waals surface area contributed by atoms with E-state index in [1.54, 1.807) is 6.07 Å². The van der Waals surface area contributed by atoms with Crippen molar-refractivity contribution in [2.24, 2.45) is 5.92 Å². The van der Waals surface area contributed by atoms with Crippen molar-refractivity contribution >= 4 is 27.6 Å². The summed E-state index contributed by atoms with van der Waals surface area (Å²) in [6.07, 6.45) is 0.234. The van der Waals surface area contributed by atoms with Crippen LogP contribution < -0.4 is 5.32 Å². The molecule has 0 saturated carbocycles. The molecule has 1 saturated heterocycles. The summed E-state index contributed by atoms with van der Waals surface area (Å²) in [5, 5.41) is 12.3. The molecule has 1 aliphatic heterocycles. The average molecular weight is 540 g/mol. The van der Waals surface area contributed by atoms with E-state index in [1.807, 2.05) is 13.0 Å². The Bertz CT molecular complexity index is 1440. The topological polar surface area (TPSA) is 117 Å². The number of nitrogens with zero attached hydrogens (tertiary/aromatic N) is 6. The lowest BCUT2D eigenvalue weighted by molar-refractivity contribution is -0.137. The molecule has 3 aromatic rings. The van der Waals surface area contributed by atoms with Gasteiger partial charge in [0.2, 0.25) is 16.0 Å². The van der Waals surface area contributed by atoms with Gasteiger partial charge in [-0.1, -0.05) is 18.5 Å². The zero-order valence-corrected chi connectivity index (χ0v) is 20.7. The SMILES string of the molecule is C[C@@H]1CN(S(C)(=O)=O)CC[C@@H]1Nc1ncc(C(F)(F)F)c(-c2cn(-c3ccc(C#N)cc3Cl)cn2)n1. The zero-order chi connectivity index (χ0) is 26.3. The van der Waals surface area contributed by atoms with Crippen LogP contribution in [0.2, 0.25) is 5.02 Å². The molecule has 1 N–H and O–H groups in total. The number of piperidine rings is 1. The van der Waals surface area contributed by atoms with Gasteiger partial charge in [-0.25, -0.2) is 27.7 Å². The van der Waals surface area contributed by atoms with Crippen molar-refractivity contribution in [3.63, 3.8) is 0 Å². The Hall–Kier alpha value is -3.21. The molecule has 14 heteroatoms. The second-order valence-electron chi connectivity index (χ2n) is 8.54. The number of rotatable bonds is 5. The first-order chi connectivity index (χ1) is 16.9. The molecule has 0 amide bonds. The monoisotopic (exact) mass is 539 g/mol. The first kappa shape index (κ1) is 25.9. The number of halogens is 4. The maximum absolute atomic E-state index is 13.8. The van der Waals surface area contributed by atoms with Gasteiger partial charge in [-0.15, -0.1) is 0 Å². The molecule has 2 atom stereocenters. The fraction of sp³-hybridized carbons (Fsp3) is 0.364. The van der Waals surface area contributed by atoms with Gasteiger partial charge in [0.05, 0.1) is 28.6 Å². The number of nitrogens with one attached hydrogen (secondary N) is 1. The Morgan fingerprint density at radius 2 is 2.03 bits per heavy atom. The first-order valence-electron chi connectivity index (χ1n) is 10.8. The number of sulfonamides is 1. The number of hydrogen-bond donors (Lipinski definition) is 1. The number of aromatic nitrogens is 4. The van der Waals surface area contributed by atoms with Crippen molar-refractivity contribution < 1.29 is 21.6 Å². The van der Waals surface area contributed by atoms with Crippen LogP contribution in [0.25, 0.3) is 17.1 Å². The third kappa shape index (κ3) is 5.45. The molecule has 0 radical (unpaired) electrons. The highest BCUT2D eigenvalue weighted by Crippen LogP contribution is 2.36. The second-order valence-corrected chi connectivity index (χ2v) is 10.9. The van der Waals surface area contributed by atoms with Crippen molar-refractivity contribution in [3.05, 3.63) is 53.1 Å². The number of imidazole rings is 1. The number of hydrogen-bond acceptors (Lipinski definition) is 7. The van der Waals surface area contributed by atoms with Gasteiger partial charge in [0.1, 0.15) is 23.3 Å². The van der Waals surface area contributed by atoms with Crippen LogP contribution in [-0.2, 0) is 16.2 Å². The van der Waals surface area contributed by atoms with Crippen molar-refractivity contribution in [1.82, 2.24) is 23.8 Å². The highest BCUT2D eigenvalue weighted by molar-refractivity contribution is 7.88. The fourth-order valence-corrected chi connectivity index (χ4v) is 5.23. The predicted molar refractivity (Wildman–Crippen MR) is 127 cm³/mol. The average Bonchev–Trinajstić information content (AvgIpc) is 3.28. The molecular weight excluding hydrogens is 519 g/mol. The summed E-state index contributed by atoms with van der Waals surface area (Å²) in [4.78, 5) is 12.1. The lowest BCUT2D eigenvalue weighted by Crippen LogP contribution is -2.47. The van der Waals surface area contributed by atoms with E-state index in [-0.39, 0.29) is 41.7 Å². The molecule has 1 aliphatic rings. The van der Waals surface area contributed by atoms with Crippen molar-refractivity contribution in [1.29, 1.82) is 5.26 Å². The lowest BCUT2D eigenvalue weighted by atomic mass is 9.95. The van der Waals surface area contributed by atoms with Crippen LogP contribution >= 0.6 is 11.6 Å². The summed E-state index contributed by atoms with van der Waals surface area (Å²) in [5.41, 5.74) is -0.740. The standard InChI is InChI=1S/C22H21ClF3N7O2S/c1-13-10-33(36(2,34)35)6-5-17(13)30-21-28-9-15(22(24,25)26)20(31-21)18-11-32(12-29-18)19-4-3-14(8-27)7-16(19)23/h3-4,7,9,11-13,17H,5-6,10H2,1-2H3,(H,28,30,31)/t13-,17+/m1/s1. The first-order valence-corrected chi connectivity index (χ1v) is 13.0. The van der Waals surface area contributed by atoms with E-state index in [4.69, 9.17) is 16.9 Å². The molecule has 0 bridgehead atoms. The number of nitriles is 1. The van der Waals surface area contributed by atoms with E-state index in [9.17, 15) is 21.6 Å². The minimum atomic E-state index is -4.72. The maximum Gasteiger partial charge on any atom is 0.420 e. The van der Waals surface area contributed by atoms with Gasteiger partial charge in [-0.3, -0.25) is 0 Å². The van der Waals surface area contributed by atoms with Crippen LogP contribution in [0.3, 0.4) is 0 Å². The molecule has 0 unspecified atom stereocenters. The van der Waals surface area contributed by atoms with Crippen LogP contribution in [0, 0.1) is 17.2 Å². The summed E-state index contributed by atoms with van der Waals surface area (Å²) >= 11 is 6.23. The highest BCUT2D eigenvalue weighted by atomic mass is 35.5. The predicted octanol–water partition coefficient (Wildman–Crippen LogP) is 3.96. The van der Waals surface area contributed by atoms with E-state index in [0.29, 0.717) is 23.9 Å². The fourth-order valence-electron chi connectivity index (χ4n) is 4.01.